The number of nitrogens with zero attached hydrogens (tertiary/aromatic N) is 4. The Hall–Kier alpha value is -2.23. The van der Waals surface area contributed by atoms with Crippen molar-refractivity contribution in [3.05, 3.63) is 34.0 Å². The summed E-state index contributed by atoms with van der Waals surface area (Å²) in [5.41, 5.74) is -0.770. The summed E-state index contributed by atoms with van der Waals surface area (Å²) >= 11 is 1.28. The molecule has 0 aliphatic carbocycles. The Bertz CT molecular complexity index is 765. The van der Waals surface area contributed by atoms with Gasteiger partial charge in [0.15, 0.2) is 5.69 Å². The predicted molar refractivity (Wildman–Crippen MR) is 84.4 cm³/mol. The van der Waals surface area contributed by atoms with Crippen molar-refractivity contribution in [1.82, 2.24) is 15.0 Å². The number of carbonyl (C=O) groups is 1. The Morgan fingerprint density at radius 1 is 1.44 bits per heavy atom. The number of hydrogen-bond acceptors (Lipinski definition) is 7. The second kappa shape index (κ2) is 6.95. The van der Waals surface area contributed by atoms with Crippen LogP contribution in [0.15, 0.2) is 17.6 Å². The highest BCUT2D eigenvalue weighted by Crippen LogP contribution is 2.37. The van der Waals surface area contributed by atoms with Gasteiger partial charge >= 0.3 is 12.1 Å². The van der Waals surface area contributed by atoms with E-state index in [1.54, 1.807) is 17.2 Å². The van der Waals surface area contributed by atoms with Crippen molar-refractivity contribution >= 4 is 23.3 Å². The third-order valence-corrected chi connectivity index (χ3v) is 4.68. The van der Waals surface area contributed by atoms with E-state index in [0.29, 0.717) is 18.0 Å². The Balaban J connectivity index is 1.85. The molecule has 1 fully saturated rings. The predicted octanol–water partition coefficient (Wildman–Crippen LogP) is 3.47. The topological polar surface area (TPSA) is 68.2 Å². The van der Waals surface area contributed by atoms with E-state index in [4.69, 9.17) is 4.74 Å². The van der Waals surface area contributed by atoms with E-state index in [2.05, 4.69) is 15.0 Å². The molecular formula is C15H15F3N4O2S. The second-order valence-corrected chi connectivity index (χ2v) is 6.27. The van der Waals surface area contributed by atoms with Crippen LogP contribution in [-0.4, -0.2) is 34.1 Å². The third kappa shape index (κ3) is 3.73. The number of esters is 1. The lowest BCUT2D eigenvalue weighted by molar-refractivity contribution is -0.141. The van der Waals surface area contributed by atoms with Crippen molar-refractivity contribution < 1.29 is 22.7 Å². The van der Waals surface area contributed by atoms with Crippen LogP contribution in [0.1, 0.15) is 47.0 Å². The number of halogens is 3. The van der Waals surface area contributed by atoms with Gasteiger partial charge in [-0.25, -0.2) is 19.7 Å². The maximum Gasteiger partial charge on any atom is 0.433 e. The smallest absolute Gasteiger partial charge is 0.433 e. The number of thiazole rings is 1. The fourth-order valence-electron chi connectivity index (χ4n) is 2.65. The van der Waals surface area contributed by atoms with Crippen molar-refractivity contribution in [2.45, 2.75) is 32.0 Å². The molecule has 3 heterocycles. The van der Waals surface area contributed by atoms with Crippen LogP contribution >= 0.6 is 11.3 Å². The van der Waals surface area contributed by atoms with Crippen LogP contribution in [-0.2, 0) is 10.9 Å². The molecule has 0 amide bonds. The number of anilines is 1. The minimum absolute atomic E-state index is 0.0187. The maximum atomic E-state index is 12.9. The lowest BCUT2D eigenvalue weighted by Gasteiger charge is -2.23. The van der Waals surface area contributed by atoms with E-state index in [-0.39, 0.29) is 24.3 Å². The Labute approximate surface area is 145 Å². The Kier molecular flexibility index (Phi) is 4.89. The summed E-state index contributed by atoms with van der Waals surface area (Å²) in [5, 5.41) is 2.23. The van der Waals surface area contributed by atoms with E-state index < -0.39 is 17.8 Å². The molecule has 0 aromatic carbocycles. The minimum atomic E-state index is -4.52. The van der Waals surface area contributed by atoms with Crippen molar-refractivity contribution in [3.8, 4) is 0 Å². The fourth-order valence-corrected chi connectivity index (χ4v) is 3.58. The van der Waals surface area contributed by atoms with E-state index in [9.17, 15) is 18.0 Å². The Morgan fingerprint density at radius 2 is 2.24 bits per heavy atom. The molecule has 2 aromatic heterocycles. The molecule has 1 saturated heterocycles. The third-order valence-electron chi connectivity index (χ3n) is 3.73. The van der Waals surface area contributed by atoms with Gasteiger partial charge in [0.2, 0.25) is 5.95 Å². The molecule has 10 heteroatoms. The molecule has 25 heavy (non-hydrogen) atoms. The van der Waals surface area contributed by atoms with Crippen LogP contribution < -0.4 is 4.90 Å². The molecule has 1 aliphatic rings. The van der Waals surface area contributed by atoms with Crippen LogP contribution in [0.5, 0.6) is 0 Å². The SMILES string of the molecule is CCOC(=O)c1csc(C2CCCN2c2nccc(C(F)(F)F)n2)n1. The zero-order chi connectivity index (χ0) is 18.0. The first-order chi connectivity index (χ1) is 11.9. The van der Waals surface area contributed by atoms with E-state index in [1.165, 1.54) is 11.3 Å². The summed E-state index contributed by atoms with van der Waals surface area (Å²) in [6, 6.07) is 0.591. The molecule has 0 N–H and O–H groups in total. The molecule has 0 radical (unpaired) electrons. The van der Waals surface area contributed by atoms with Crippen LogP contribution in [0.2, 0.25) is 0 Å². The molecule has 2 aromatic rings. The van der Waals surface area contributed by atoms with Gasteiger partial charge in [-0.05, 0) is 25.8 Å². The standard InChI is InChI=1S/C15H15F3N4O2S/c1-2-24-13(23)9-8-25-12(20-9)10-4-3-7-22(10)14-19-6-5-11(21-14)15(16,17)18/h5-6,8,10H,2-4,7H2,1H3. The summed E-state index contributed by atoms with van der Waals surface area (Å²) < 4.78 is 43.5. The molecule has 134 valence electrons. The number of carbonyl (C=O) groups excluding carboxylic acids is 1. The van der Waals surface area contributed by atoms with Crippen molar-refractivity contribution in [3.63, 3.8) is 0 Å². The van der Waals surface area contributed by atoms with Crippen LogP contribution in [0.3, 0.4) is 0 Å². The number of hydrogen-bond donors (Lipinski definition) is 0. The average molecular weight is 372 g/mol. The van der Waals surface area contributed by atoms with Crippen LogP contribution in [0, 0.1) is 0 Å². The second-order valence-electron chi connectivity index (χ2n) is 5.38. The molecule has 6 nitrogen and oxygen atoms in total. The number of rotatable bonds is 4. The van der Waals surface area contributed by atoms with Gasteiger partial charge in [-0.1, -0.05) is 0 Å². The molecule has 1 atom stereocenters. The van der Waals surface area contributed by atoms with Crippen molar-refractivity contribution in [1.29, 1.82) is 0 Å². The van der Waals surface area contributed by atoms with Gasteiger partial charge in [0.1, 0.15) is 10.7 Å². The molecule has 0 saturated carbocycles. The molecule has 0 spiro atoms. The first-order valence-electron chi connectivity index (χ1n) is 7.69. The lowest BCUT2D eigenvalue weighted by atomic mass is 10.2. The largest absolute Gasteiger partial charge is 0.461 e. The summed E-state index contributed by atoms with van der Waals surface area (Å²) in [6.45, 7) is 2.48. The molecule has 3 rings (SSSR count). The Morgan fingerprint density at radius 3 is 2.96 bits per heavy atom. The number of aromatic nitrogens is 3. The zero-order valence-corrected chi connectivity index (χ0v) is 14.1. The van der Waals surface area contributed by atoms with Crippen LogP contribution in [0.4, 0.5) is 19.1 Å². The van der Waals surface area contributed by atoms with Crippen molar-refractivity contribution in [2.75, 3.05) is 18.1 Å². The first-order valence-corrected chi connectivity index (χ1v) is 8.57. The highest BCUT2D eigenvalue weighted by Gasteiger charge is 2.35. The summed E-state index contributed by atoms with van der Waals surface area (Å²) in [4.78, 5) is 25.3. The highest BCUT2D eigenvalue weighted by atomic mass is 32.1. The zero-order valence-electron chi connectivity index (χ0n) is 13.3. The minimum Gasteiger partial charge on any atom is -0.461 e. The molecule has 1 unspecified atom stereocenters. The van der Waals surface area contributed by atoms with E-state index in [0.717, 1.165) is 18.7 Å². The van der Waals surface area contributed by atoms with Crippen molar-refractivity contribution in [2.24, 2.45) is 0 Å². The number of alkyl halides is 3. The first kappa shape index (κ1) is 17.6. The van der Waals surface area contributed by atoms with Gasteiger partial charge in [0.25, 0.3) is 0 Å². The van der Waals surface area contributed by atoms with Gasteiger partial charge in [0, 0.05) is 18.1 Å². The van der Waals surface area contributed by atoms with E-state index >= 15 is 0 Å². The maximum absolute atomic E-state index is 12.9. The van der Waals surface area contributed by atoms with Gasteiger partial charge in [-0.3, -0.25) is 0 Å². The number of ether oxygens (including phenoxy) is 1. The molecule has 1 aliphatic heterocycles. The summed E-state index contributed by atoms with van der Waals surface area (Å²) in [7, 11) is 0. The van der Waals surface area contributed by atoms with Gasteiger partial charge < -0.3 is 9.64 Å². The van der Waals surface area contributed by atoms with Gasteiger partial charge in [-0.15, -0.1) is 11.3 Å². The average Bonchev–Trinajstić information content (AvgIpc) is 3.23. The van der Waals surface area contributed by atoms with E-state index in [1.807, 2.05) is 0 Å². The van der Waals surface area contributed by atoms with Gasteiger partial charge in [-0.2, -0.15) is 13.2 Å². The summed E-state index contributed by atoms with van der Waals surface area (Å²) in [5.74, 6) is -0.491. The summed E-state index contributed by atoms with van der Waals surface area (Å²) in [6.07, 6.45) is -1.94. The molecular weight excluding hydrogens is 357 g/mol. The lowest BCUT2D eigenvalue weighted by Crippen LogP contribution is -2.25. The van der Waals surface area contributed by atoms with Gasteiger partial charge in [0.05, 0.1) is 12.6 Å². The normalized spacial score (nSPS) is 17.8. The van der Waals surface area contributed by atoms with Crippen LogP contribution in [0.25, 0.3) is 0 Å². The molecule has 0 bridgehead atoms. The monoisotopic (exact) mass is 372 g/mol. The fraction of sp³-hybridized carbons (Fsp3) is 0.467. The quantitative estimate of drug-likeness (QED) is 0.766. The highest BCUT2D eigenvalue weighted by molar-refractivity contribution is 7.10.